The third kappa shape index (κ3) is 2.36. The van der Waals surface area contributed by atoms with Gasteiger partial charge < -0.3 is 11.1 Å². The van der Waals surface area contributed by atoms with E-state index < -0.39 is 11.9 Å². The summed E-state index contributed by atoms with van der Waals surface area (Å²) in [6.45, 7) is 3.66. The number of anilines is 1. The number of nitrogens with one attached hydrogen (secondary N) is 1. The van der Waals surface area contributed by atoms with Crippen molar-refractivity contribution in [3.8, 4) is 0 Å². The number of imide groups is 1. The van der Waals surface area contributed by atoms with Gasteiger partial charge in [0.2, 0.25) is 5.91 Å². The van der Waals surface area contributed by atoms with Gasteiger partial charge in [-0.05, 0) is 31.0 Å². The van der Waals surface area contributed by atoms with Crippen molar-refractivity contribution in [2.45, 2.75) is 26.3 Å². The predicted molar refractivity (Wildman–Crippen MR) is 74.0 cm³/mol. The summed E-state index contributed by atoms with van der Waals surface area (Å²) in [5.41, 5.74) is 8.41. The third-order valence-corrected chi connectivity index (χ3v) is 3.54. The minimum absolute atomic E-state index is 0.00145. The molecule has 0 aromatic heterocycles. The smallest absolute Gasteiger partial charge is 0.252 e. The molecule has 1 aliphatic rings. The van der Waals surface area contributed by atoms with Crippen molar-refractivity contribution in [1.29, 1.82) is 0 Å². The van der Waals surface area contributed by atoms with Crippen molar-refractivity contribution in [1.82, 2.24) is 10.2 Å². The highest BCUT2D eigenvalue weighted by molar-refractivity contribution is 6.08. The Labute approximate surface area is 116 Å². The Bertz CT molecular complexity index is 610. The number of rotatable bonds is 2. The number of benzene rings is 1. The lowest BCUT2D eigenvalue weighted by Crippen LogP contribution is -2.40. The van der Waals surface area contributed by atoms with Gasteiger partial charge in [-0.1, -0.05) is 6.07 Å². The van der Waals surface area contributed by atoms with E-state index in [9.17, 15) is 14.4 Å². The van der Waals surface area contributed by atoms with Crippen LogP contribution in [0.4, 0.5) is 5.69 Å². The van der Waals surface area contributed by atoms with E-state index in [-0.39, 0.29) is 18.2 Å². The highest BCUT2D eigenvalue weighted by Crippen LogP contribution is 2.19. The van der Waals surface area contributed by atoms with Crippen LogP contribution in [0.2, 0.25) is 0 Å². The van der Waals surface area contributed by atoms with Crippen LogP contribution in [0.25, 0.3) is 0 Å². The van der Waals surface area contributed by atoms with Crippen LogP contribution in [0, 0.1) is 13.8 Å². The fraction of sp³-hybridized carbons (Fsp3) is 0.357. The number of likely N-dealkylation sites (N-methyl/N-ethyl adjacent to an activating group) is 1. The van der Waals surface area contributed by atoms with E-state index in [1.807, 2.05) is 13.0 Å². The summed E-state index contributed by atoms with van der Waals surface area (Å²) < 4.78 is 0. The highest BCUT2D eigenvalue weighted by Gasteiger charge is 2.37. The van der Waals surface area contributed by atoms with Crippen molar-refractivity contribution < 1.29 is 14.4 Å². The number of aryl methyl sites for hydroxylation is 2. The predicted octanol–water partition coefficient (Wildman–Crippen LogP) is 0.373. The monoisotopic (exact) mass is 275 g/mol. The number of amides is 3. The molecule has 20 heavy (non-hydrogen) atoms. The third-order valence-electron chi connectivity index (χ3n) is 3.54. The summed E-state index contributed by atoms with van der Waals surface area (Å²) in [7, 11) is 1.41. The van der Waals surface area contributed by atoms with Crippen LogP contribution in [0.5, 0.6) is 0 Å². The summed E-state index contributed by atoms with van der Waals surface area (Å²) in [5, 5.41) is 2.59. The topological polar surface area (TPSA) is 92.5 Å². The quantitative estimate of drug-likeness (QED) is 0.602. The largest absolute Gasteiger partial charge is 0.398 e. The SMILES string of the molecule is Cc1cc(C)c(C(=O)NC2CC(=O)N(C)C2=O)cc1N. The molecule has 1 aromatic carbocycles. The standard InChI is InChI=1S/C14H17N3O3/c1-7-4-8(2)10(15)5-9(7)13(19)16-11-6-12(18)17(3)14(11)20/h4-5,11H,6,15H2,1-3H3,(H,16,19). The number of nitrogens with two attached hydrogens (primary N) is 1. The van der Waals surface area contributed by atoms with Gasteiger partial charge in [0, 0.05) is 18.3 Å². The maximum absolute atomic E-state index is 12.2. The van der Waals surface area contributed by atoms with E-state index in [2.05, 4.69) is 5.32 Å². The van der Waals surface area contributed by atoms with E-state index in [4.69, 9.17) is 5.73 Å². The molecule has 1 aromatic rings. The van der Waals surface area contributed by atoms with Crippen LogP contribution < -0.4 is 11.1 Å². The lowest BCUT2D eigenvalue weighted by atomic mass is 10.0. The molecular formula is C14H17N3O3. The summed E-state index contributed by atoms with van der Waals surface area (Å²) in [6.07, 6.45) is 0.00145. The maximum atomic E-state index is 12.2. The van der Waals surface area contributed by atoms with E-state index in [0.717, 1.165) is 16.0 Å². The van der Waals surface area contributed by atoms with Crippen LogP contribution >= 0.6 is 0 Å². The van der Waals surface area contributed by atoms with Gasteiger partial charge in [-0.25, -0.2) is 0 Å². The molecular weight excluding hydrogens is 258 g/mol. The van der Waals surface area contributed by atoms with Crippen molar-refractivity contribution >= 4 is 23.4 Å². The van der Waals surface area contributed by atoms with Gasteiger partial charge in [0.1, 0.15) is 6.04 Å². The molecule has 106 valence electrons. The molecule has 6 heteroatoms. The summed E-state index contributed by atoms with van der Waals surface area (Å²) >= 11 is 0. The number of carbonyl (C=O) groups excluding carboxylic acids is 3. The van der Waals surface area contributed by atoms with Crippen LogP contribution in [0.1, 0.15) is 27.9 Å². The molecule has 1 heterocycles. The van der Waals surface area contributed by atoms with Crippen molar-refractivity contribution in [2.24, 2.45) is 0 Å². The zero-order valence-corrected chi connectivity index (χ0v) is 11.7. The zero-order chi connectivity index (χ0) is 15.0. The molecule has 2 rings (SSSR count). The van der Waals surface area contributed by atoms with Gasteiger partial charge in [-0.2, -0.15) is 0 Å². The second-order valence-electron chi connectivity index (χ2n) is 5.04. The number of nitrogen functional groups attached to an aromatic ring is 1. The Morgan fingerprint density at radius 3 is 2.50 bits per heavy atom. The van der Waals surface area contributed by atoms with Gasteiger partial charge >= 0.3 is 0 Å². The van der Waals surface area contributed by atoms with Crippen molar-refractivity contribution in [3.63, 3.8) is 0 Å². The van der Waals surface area contributed by atoms with Crippen LogP contribution in [-0.2, 0) is 9.59 Å². The van der Waals surface area contributed by atoms with Crippen LogP contribution in [-0.4, -0.2) is 35.7 Å². The van der Waals surface area contributed by atoms with Crippen molar-refractivity contribution in [3.05, 3.63) is 28.8 Å². The highest BCUT2D eigenvalue weighted by atomic mass is 16.2. The molecule has 0 radical (unpaired) electrons. The molecule has 1 saturated heterocycles. The molecule has 1 unspecified atom stereocenters. The molecule has 1 aliphatic heterocycles. The fourth-order valence-electron chi connectivity index (χ4n) is 2.22. The van der Waals surface area contributed by atoms with Gasteiger partial charge in [-0.3, -0.25) is 19.3 Å². The fourth-order valence-corrected chi connectivity index (χ4v) is 2.22. The van der Waals surface area contributed by atoms with Gasteiger partial charge in [0.05, 0.1) is 6.42 Å². The average molecular weight is 275 g/mol. The first-order valence-corrected chi connectivity index (χ1v) is 6.29. The molecule has 0 saturated carbocycles. The molecule has 0 spiro atoms. The summed E-state index contributed by atoms with van der Waals surface area (Å²) in [6, 6.07) is 2.62. The number of carbonyl (C=O) groups is 3. The lowest BCUT2D eigenvalue weighted by Gasteiger charge is -2.13. The van der Waals surface area contributed by atoms with Crippen LogP contribution in [0.15, 0.2) is 12.1 Å². The first-order chi connectivity index (χ1) is 9.31. The van der Waals surface area contributed by atoms with Gasteiger partial charge in [0.15, 0.2) is 0 Å². The molecule has 0 aliphatic carbocycles. The second kappa shape index (κ2) is 4.96. The van der Waals surface area contributed by atoms with Gasteiger partial charge in [-0.15, -0.1) is 0 Å². The Morgan fingerprint density at radius 1 is 1.30 bits per heavy atom. The second-order valence-corrected chi connectivity index (χ2v) is 5.04. The lowest BCUT2D eigenvalue weighted by molar-refractivity contribution is -0.137. The zero-order valence-electron chi connectivity index (χ0n) is 11.7. The molecule has 3 N–H and O–H groups in total. The molecule has 0 bridgehead atoms. The first-order valence-electron chi connectivity index (χ1n) is 6.29. The number of hydrogen-bond acceptors (Lipinski definition) is 4. The minimum atomic E-state index is -0.790. The minimum Gasteiger partial charge on any atom is -0.398 e. The average Bonchev–Trinajstić information content (AvgIpc) is 2.61. The molecule has 1 atom stereocenters. The Hall–Kier alpha value is -2.37. The van der Waals surface area contributed by atoms with E-state index in [1.54, 1.807) is 13.0 Å². The molecule has 6 nitrogen and oxygen atoms in total. The molecule has 1 fully saturated rings. The Morgan fingerprint density at radius 2 is 1.95 bits per heavy atom. The van der Waals surface area contributed by atoms with E-state index in [0.29, 0.717) is 11.3 Å². The Balaban J connectivity index is 2.20. The van der Waals surface area contributed by atoms with E-state index in [1.165, 1.54) is 7.05 Å². The van der Waals surface area contributed by atoms with Gasteiger partial charge in [0.25, 0.3) is 11.8 Å². The first kappa shape index (κ1) is 14.0. The normalized spacial score (nSPS) is 18.6. The number of nitrogens with zero attached hydrogens (tertiary/aromatic N) is 1. The summed E-state index contributed by atoms with van der Waals surface area (Å²) in [4.78, 5) is 36.4. The van der Waals surface area contributed by atoms with Crippen LogP contribution in [0.3, 0.4) is 0 Å². The number of hydrogen-bond donors (Lipinski definition) is 2. The number of likely N-dealkylation sites (tertiary alicyclic amines) is 1. The maximum Gasteiger partial charge on any atom is 0.252 e. The Kier molecular flexibility index (Phi) is 3.48. The summed E-state index contributed by atoms with van der Waals surface area (Å²) in [5.74, 6) is -1.07. The van der Waals surface area contributed by atoms with E-state index >= 15 is 0 Å². The molecule has 3 amide bonds. The van der Waals surface area contributed by atoms with Crippen molar-refractivity contribution in [2.75, 3.05) is 12.8 Å².